The number of hydrogen-bond donors (Lipinski definition) is 0. The van der Waals surface area contributed by atoms with E-state index in [0.29, 0.717) is 32.8 Å². The number of hydrogen-bond acceptors (Lipinski definition) is 5. The summed E-state index contributed by atoms with van der Waals surface area (Å²) in [5.74, 6) is 5.41. The lowest BCUT2D eigenvalue weighted by molar-refractivity contribution is -0.144. The van der Waals surface area contributed by atoms with Crippen LogP contribution in [0.25, 0.3) is 21.3 Å². The molecule has 0 N–H and O–H groups in total. The molecule has 0 aliphatic carbocycles. The van der Waals surface area contributed by atoms with Gasteiger partial charge in [-0.2, -0.15) is 0 Å². The van der Waals surface area contributed by atoms with Crippen LogP contribution in [-0.4, -0.2) is 64.7 Å². The Hall–Kier alpha value is -2.61. The average Bonchev–Trinajstić information content (AvgIpc) is 3.09. The van der Waals surface area contributed by atoms with E-state index in [9.17, 15) is 18.4 Å². The number of carbonyl (C=O) groups excluding carboxylic acids is 1. The van der Waals surface area contributed by atoms with Crippen molar-refractivity contribution < 1.29 is 13.6 Å². The van der Waals surface area contributed by atoms with E-state index >= 15 is 0 Å². The van der Waals surface area contributed by atoms with Gasteiger partial charge < -0.3 is 4.90 Å². The summed E-state index contributed by atoms with van der Waals surface area (Å²) in [4.78, 5) is 34.7. The zero-order valence-corrected chi connectivity index (χ0v) is 20.7. The number of benzene rings is 1. The van der Waals surface area contributed by atoms with Gasteiger partial charge in [-0.15, -0.1) is 11.3 Å². The first-order chi connectivity index (χ1) is 15.6. The van der Waals surface area contributed by atoms with E-state index in [1.54, 1.807) is 12.1 Å². The van der Waals surface area contributed by atoms with Crippen LogP contribution < -0.4 is 5.56 Å². The van der Waals surface area contributed by atoms with Gasteiger partial charge in [0.05, 0.1) is 40.7 Å². The Balaban J connectivity index is 1.81. The molecule has 3 heterocycles. The molecule has 172 valence electrons. The lowest BCUT2D eigenvalue weighted by Crippen LogP contribution is -2.60. The minimum Gasteiger partial charge on any atom is -0.335 e. The van der Waals surface area contributed by atoms with Gasteiger partial charge in [-0.1, -0.05) is 17.9 Å². The van der Waals surface area contributed by atoms with Crippen LogP contribution in [0.5, 0.6) is 0 Å². The number of thiophene rings is 1. The Morgan fingerprint density at radius 2 is 2.09 bits per heavy atom. The van der Waals surface area contributed by atoms with Crippen molar-refractivity contribution in [2.75, 3.05) is 33.7 Å². The van der Waals surface area contributed by atoms with Crippen molar-refractivity contribution >= 4 is 43.4 Å². The van der Waals surface area contributed by atoms with Crippen LogP contribution in [0, 0.1) is 17.7 Å². The van der Waals surface area contributed by atoms with Crippen molar-refractivity contribution in [2.45, 2.75) is 19.1 Å². The Labute approximate surface area is 202 Å². The van der Waals surface area contributed by atoms with Crippen LogP contribution in [0.15, 0.2) is 33.8 Å². The predicted octanol–water partition coefficient (Wildman–Crippen LogP) is 3.51. The minimum absolute atomic E-state index is 0.00910. The van der Waals surface area contributed by atoms with Gasteiger partial charge in [0, 0.05) is 5.56 Å². The topological polar surface area (TPSA) is 58.4 Å². The Kier molecular flexibility index (Phi) is 6.40. The van der Waals surface area contributed by atoms with Gasteiger partial charge in [-0.25, -0.2) is 13.8 Å². The molecule has 0 spiro atoms. The maximum atomic E-state index is 13.9. The summed E-state index contributed by atoms with van der Waals surface area (Å²) in [5.41, 5.74) is -0.618. The molecule has 6 nitrogen and oxygen atoms in total. The number of carbonyl (C=O) groups is 1. The van der Waals surface area contributed by atoms with Crippen molar-refractivity contribution in [3.05, 3.63) is 50.0 Å². The summed E-state index contributed by atoms with van der Waals surface area (Å²) in [5, 5.41) is 0.321. The highest BCUT2D eigenvalue weighted by atomic mass is 79.9. The number of amides is 1. The first kappa shape index (κ1) is 23.5. The van der Waals surface area contributed by atoms with Crippen molar-refractivity contribution in [2.24, 2.45) is 0 Å². The van der Waals surface area contributed by atoms with Crippen molar-refractivity contribution in [1.82, 2.24) is 19.4 Å². The summed E-state index contributed by atoms with van der Waals surface area (Å²) < 4.78 is 29.1. The van der Waals surface area contributed by atoms with Crippen LogP contribution in [0.3, 0.4) is 0 Å². The van der Waals surface area contributed by atoms with Gasteiger partial charge in [-0.05, 0) is 54.6 Å². The Morgan fingerprint density at radius 1 is 1.36 bits per heavy atom. The molecule has 10 heteroatoms. The van der Waals surface area contributed by atoms with Crippen LogP contribution >= 0.6 is 27.3 Å². The fourth-order valence-corrected chi connectivity index (χ4v) is 5.01. The lowest BCUT2D eigenvalue weighted by Gasteiger charge is -2.42. The highest BCUT2D eigenvalue weighted by Crippen LogP contribution is 2.37. The van der Waals surface area contributed by atoms with E-state index in [-0.39, 0.29) is 30.0 Å². The fraction of sp³-hybridized carbons (Fsp3) is 0.348. The minimum atomic E-state index is -1.39. The number of fused-ring (bicyclic) bond motifs is 1. The molecule has 0 bridgehead atoms. The van der Waals surface area contributed by atoms with E-state index in [0.717, 1.165) is 0 Å². The van der Waals surface area contributed by atoms with E-state index < -0.39 is 17.0 Å². The molecule has 2 aromatic heterocycles. The molecule has 1 aliphatic heterocycles. The number of likely N-dealkylation sites (tertiary alicyclic amines) is 1. The molecule has 3 aromatic rings. The Bertz CT molecular complexity index is 1360. The van der Waals surface area contributed by atoms with E-state index in [4.69, 9.17) is 0 Å². The number of alkyl halides is 1. The van der Waals surface area contributed by atoms with E-state index in [2.05, 4.69) is 32.8 Å². The van der Waals surface area contributed by atoms with Gasteiger partial charge >= 0.3 is 0 Å². The smallest absolute Gasteiger partial charge is 0.263 e. The summed E-state index contributed by atoms with van der Waals surface area (Å²) in [6.45, 7) is 1.75. The van der Waals surface area contributed by atoms with Crippen molar-refractivity contribution in [3.63, 3.8) is 0 Å². The van der Waals surface area contributed by atoms with Crippen molar-refractivity contribution in [3.8, 4) is 23.0 Å². The predicted molar refractivity (Wildman–Crippen MR) is 128 cm³/mol. The normalized spacial score (nSPS) is 14.8. The van der Waals surface area contributed by atoms with Gasteiger partial charge in [0.2, 0.25) is 5.91 Å². The molecule has 0 saturated carbocycles. The molecule has 33 heavy (non-hydrogen) atoms. The maximum Gasteiger partial charge on any atom is 0.263 e. The van der Waals surface area contributed by atoms with Crippen LogP contribution in [-0.2, 0) is 11.3 Å². The SMILES string of the molecule is CN(C)CC#Cc1sc2ncn(CC(=O)N3CC(C)(F)C3)c(=O)c2c1-c1ccc(F)c(Br)c1. The largest absolute Gasteiger partial charge is 0.335 e. The second-order valence-electron chi connectivity index (χ2n) is 8.50. The second-order valence-corrected chi connectivity index (χ2v) is 10.3. The molecule has 1 aromatic carbocycles. The third-order valence-corrected chi connectivity index (χ3v) is 6.80. The number of aromatic nitrogens is 2. The summed E-state index contributed by atoms with van der Waals surface area (Å²) >= 11 is 4.48. The molecule has 4 rings (SSSR count). The fourth-order valence-electron chi connectivity index (χ4n) is 3.60. The van der Waals surface area contributed by atoms with E-state index in [1.807, 2.05) is 19.0 Å². The highest BCUT2D eigenvalue weighted by molar-refractivity contribution is 9.10. The summed E-state index contributed by atoms with van der Waals surface area (Å²) in [7, 11) is 3.80. The van der Waals surface area contributed by atoms with Gasteiger partial charge in [-0.3, -0.25) is 19.1 Å². The first-order valence-electron chi connectivity index (χ1n) is 10.1. The molecular formula is C23H21BrF2N4O2S. The van der Waals surface area contributed by atoms with Gasteiger partial charge in [0.15, 0.2) is 0 Å². The van der Waals surface area contributed by atoms with Crippen molar-refractivity contribution in [1.29, 1.82) is 0 Å². The van der Waals surface area contributed by atoms with Crippen LogP contribution in [0.2, 0.25) is 0 Å². The van der Waals surface area contributed by atoms with Gasteiger partial charge in [0.1, 0.15) is 22.9 Å². The second kappa shape index (κ2) is 8.97. The number of halogens is 3. The zero-order chi connectivity index (χ0) is 23.9. The molecule has 0 radical (unpaired) electrons. The third kappa shape index (κ3) is 4.86. The van der Waals surface area contributed by atoms with Crippen LogP contribution in [0.4, 0.5) is 8.78 Å². The first-order valence-corrected chi connectivity index (χ1v) is 11.7. The maximum absolute atomic E-state index is 13.9. The summed E-state index contributed by atoms with van der Waals surface area (Å²) in [6, 6.07) is 4.50. The average molecular weight is 535 g/mol. The monoisotopic (exact) mass is 534 g/mol. The zero-order valence-electron chi connectivity index (χ0n) is 18.3. The van der Waals surface area contributed by atoms with Crippen LogP contribution in [0.1, 0.15) is 11.8 Å². The van der Waals surface area contributed by atoms with Gasteiger partial charge in [0.25, 0.3) is 5.56 Å². The highest BCUT2D eigenvalue weighted by Gasteiger charge is 2.41. The number of nitrogens with zero attached hydrogens (tertiary/aromatic N) is 4. The Morgan fingerprint density at radius 3 is 2.73 bits per heavy atom. The molecule has 1 amide bonds. The molecule has 1 saturated heterocycles. The molecular weight excluding hydrogens is 514 g/mol. The quantitative estimate of drug-likeness (QED) is 0.480. The third-order valence-electron chi connectivity index (χ3n) is 5.18. The molecule has 0 unspecified atom stereocenters. The molecule has 1 aliphatic rings. The molecule has 1 fully saturated rings. The lowest BCUT2D eigenvalue weighted by atomic mass is 9.99. The summed E-state index contributed by atoms with van der Waals surface area (Å²) in [6.07, 6.45) is 1.33. The van der Waals surface area contributed by atoms with E-state index in [1.165, 1.54) is 40.1 Å². The number of rotatable bonds is 4. The standard InChI is InChI=1S/C23H21BrF2N4O2S/c1-23(26)11-30(12-23)18(31)10-29-13-27-21-20(22(29)32)19(14-6-7-16(25)15(24)9-14)17(33-21)5-4-8-28(2)3/h6-7,9,13H,8,10-12H2,1-3H3. The molecule has 0 atom stereocenters.